The number of rotatable bonds is 19. The maximum atomic E-state index is 12.3. The van der Waals surface area contributed by atoms with Crippen LogP contribution in [0.1, 0.15) is 102 Å². The van der Waals surface area contributed by atoms with E-state index < -0.39 is 17.5 Å². The lowest BCUT2D eigenvalue weighted by Crippen LogP contribution is -2.18. The molecule has 0 saturated carbocycles. The Labute approximate surface area is 223 Å². The molecule has 0 aliphatic heterocycles. The molecule has 2 N–H and O–H groups in total. The van der Waals surface area contributed by atoms with Crippen molar-refractivity contribution in [3.63, 3.8) is 0 Å². The largest absolute Gasteiger partial charge is 0.493 e. The number of aliphatic carboxylic acids is 2. The maximum absolute atomic E-state index is 12.3. The molecular formula is C31H48O6. The summed E-state index contributed by atoms with van der Waals surface area (Å²) < 4.78 is 11.5. The fraction of sp³-hybridized carbons (Fsp3) is 0.613. The van der Waals surface area contributed by atoms with Gasteiger partial charge in [-0.3, -0.25) is 0 Å². The molecule has 0 heterocycles. The van der Waals surface area contributed by atoms with E-state index in [1.54, 1.807) is 26.4 Å². The van der Waals surface area contributed by atoms with E-state index in [0.717, 1.165) is 62.5 Å². The highest BCUT2D eigenvalue weighted by Crippen LogP contribution is 2.43. The first-order valence-electron chi connectivity index (χ1n) is 13.8. The van der Waals surface area contributed by atoms with Gasteiger partial charge in [-0.25, -0.2) is 9.59 Å². The molecule has 1 aromatic rings. The molecule has 0 fully saturated rings. The standard InChI is InChI=1S/C31H48O6/c1-8-13-16-21(11-4)18-24-23(15-10-3)29(37-7)27(36-6)20-25(24)26(28(30(32)33)31(34)35)19-22(12-5)17-14-9-2/h10,20-22H,3,8-9,11-19H2,1-2,4-7H3,(H,32,33)(H,34,35). The van der Waals surface area contributed by atoms with Gasteiger partial charge in [-0.15, -0.1) is 6.58 Å². The van der Waals surface area contributed by atoms with Gasteiger partial charge in [-0.2, -0.15) is 0 Å². The summed E-state index contributed by atoms with van der Waals surface area (Å²) in [6.45, 7) is 12.5. The first-order valence-corrected chi connectivity index (χ1v) is 13.8. The number of hydrogen-bond donors (Lipinski definition) is 2. The minimum Gasteiger partial charge on any atom is -0.493 e. The lowest BCUT2D eigenvalue weighted by molar-refractivity contribution is -0.140. The normalized spacial score (nSPS) is 12.5. The van der Waals surface area contributed by atoms with Crippen molar-refractivity contribution in [3.8, 4) is 11.5 Å². The third kappa shape index (κ3) is 8.94. The molecular weight excluding hydrogens is 468 g/mol. The predicted octanol–water partition coefficient (Wildman–Crippen LogP) is 7.72. The number of carboxylic acid groups (broad SMARTS) is 2. The summed E-state index contributed by atoms with van der Waals surface area (Å²) in [5.74, 6) is -1.23. The van der Waals surface area contributed by atoms with Crippen LogP contribution in [0.5, 0.6) is 11.5 Å². The number of benzene rings is 1. The first kappa shape index (κ1) is 32.3. The van der Waals surface area contributed by atoms with E-state index in [9.17, 15) is 19.8 Å². The Balaban J connectivity index is 4.10. The van der Waals surface area contributed by atoms with Crippen LogP contribution in [0.3, 0.4) is 0 Å². The second-order valence-corrected chi connectivity index (χ2v) is 9.81. The topological polar surface area (TPSA) is 93.1 Å². The van der Waals surface area contributed by atoms with Crippen LogP contribution in [0, 0.1) is 11.8 Å². The van der Waals surface area contributed by atoms with Gasteiger partial charge in [0.15, 0.2) is 11.5 Å². The number of ether oxygens (including phenoxy) is 2. The van der Waals surface area contributed by atoms with Crippen molar-refractivity contribution < 1.29 is 29.3 Å². The van der Waals surface area contributed by atoms with Crippen molar-refractivity contribution in [1.29, 1.82) is 0 Å². The van der Waals surface area contributed by atoms with Gasteiger partial charge in [-0.05, 0) is 53.9 Å². The Bertz CT molecular complexity index is 914. The number of carboxylic acids is 2. The molecule has 0 aromatic heterocycles. The van der Waals surface area contributed by atoms with Crippen molar-refractivity contribution in [1.82, 2.24) is 0 Å². The number of unbranched alkanes of at least 4 members (excludes halogenated alkanes) is 2. The smallest absolute Gasteiger partial charge is 0.343 e. The van der Waals surface area contributed by atoms with Crippen LogP contribution < -0.4 is 9.47 Å². The molecule has 0 aliphatic rings. The molecule has 1 rings (SSSR count). The maximum Gasteiger partial charge on any atom is 0.343 e. The van der Waals surface area contributed by atoms with Crippen LogP contribution in [-0.2, 0) is 22.4 Å². The number of hydrogen-bond acceptors (Lipinski definition) is 4. The average Bonchev–Trinajstić information content (AvgIpc) is 2.87. The fourth-order valence-electron chi connectivity index (χ4n) is 5.13. The summed E-state index contributed by atoms with van der Waals surface area (Å²) in [6.07, 6.45) is 11.4. The predicted molar refractivity (Wildman–Crippen MR) is 151 cm³/mol. The molecule has 0 bridgehead atoms. The van der Waals surface area contributed by atoms with Gasteiger partial charge in [0.1, 0.15) is 5.57 Å². The third-order valence-electron chi connectivity index (χ3n) is 7.36. The highest BCUT2D eigenvalue weighted by atomic mass is 16.5. The second-order valence-electron chi connectivity index (χ2n) is 9.81. The number of carbonyl (C=O) groups is 2. The first-order chi connectivity index (χ1) is 17.7. The van der Waals surface area contributed by atoms with Crippen molar-refractivity contribution in [3.05, 3.63) is 41.0 Å². The highest BCUT2D eigenvalue weighted by Gasteiger charge is 2.30. The molecule has 0 aliphatic carbocycles. The molecule has 0 radical (unpaired) electrons. The quantitative estimate of drug-likeness (QED) is 0.0846. The number of methoxy groups -OCH3 is 2. The van der Waals surface area contributed by atoms with Crippen LogP contribution >= 0.6 is 0 Å². The fourth-order valence-corrected chi connectivity index (χ4v) is 5.13. The third-order valence-corrected chi connectivity index (χ3v) is 7.36. The van der Waals surface area contributed by atoms with Crippen molar-refractivity contribution >= 4 is 17.5 Å². The van der Waals surface area contributed by atoms with Crippen LogP contribution in [0.4, 0.5) is 0 Å². The molecule has 0 amide bonds. The van der Waals surface area contributed by atoms with Crippen LogP contribution in [0.25, 0.3) is 5.57 Å². The van der Waals surface area contributed by atoms with Gasteiger partial charge < -0.3 is 19.7 Å². The SMILES string of the molecule is C=CCc1c(CC(CC)CCCC)c(C(CC(CC)CCCC)=C(C(=O)O)C(=O)O)cc(OC)c1OC. The second kappa shape index (κ2) is 16.9. The summed E-state index contributed by atoms with van der Waals surface area (Å²) in [5.41, 5.74) is 2.29. The van der Waals surface area contributed by atoms with Gasteiger partial charge in [0.2, 0.25) is 0 Å². The molecule has 6 nitrogen and oxygen atoms in total. The zero-order valence-electron chi connectivity index (χ0n) is 23.8. The highest BCUT2D eigenvalue weighted by molar-refractivity contribution is 6.19. The summed E-state index contributed by atoms with van der Waals surface area (Å²) in [7, 11) is 3.14. The zero-order valence-corrected chi connectivity index (χ0v) is 23.8. The van der Waals surface area contributed by atoms with Crippen LogP contribution in [-0.4, -0.2) is 36.4 Å². The zero-order chi connectivity index (χ0) is 28.0. The van der Waals surface area contributed by atoms with Crippen LogP contribution in [0.15, 0.2) is 24.3 Å². The monoisotopic (exact) mass is 516 g/mol. The Morgan fingerprint density at radius 1 is 0.919 bits per heavy atom. The van der Waals surface area contributed by atoms with Crippen molar-refractivity contribution in [2.45, 2.75) is 98.3 Å². The van der Waals surface area contributed by atoms with E-state index in [2.05, 4.69) is 34.3 Å². The minimum absolute atomic E-state index is 0.175. The van der Waals surface area contributed by atoms with Crippen molar-refractivity contribution in [2.24, 2.45) is 11.8 Å². The van der Waals surface area contributed by atoms with Gasteiger partial charge in [0.05, 0.1) is 14.2 Å². The van der Waals surface area contributed by atoms with E-state index >= 15 is 0 Å². The van der Waals surface area contributed by atoms with E-state index in [1.165, 1.54) is 0 Å². The lowest BCUT2D eigenvalue weighted by atomic mass is 9.79. The van der Waals surface area contributed by atoms with Crippen LogP contribution in [0.2, 0.25) is 0 Å². The van der Waals surface area contributed by atoms with Gasteiger partial charge >= 0.3 is 11.9 Å². The van der Waals surface area contributed by atoms with E-state index in [4.69, 9.17) is 9.47 Å². The van der Waals surface area contributed by atoms with E-state index in [-0.39, 0.29) is 5.92 Å². The van der Waals surface area contributed by atoms with Gasteiger partial charge in [0, 0.05) is 5.56 Å². The van der Waals surface area contributed by atoms with E-state index in [0.29, 0.717) is 47.8 Å². The summed E-state index contributed by atoms with van der Waals surface area (Å²) in [4.78, 5) is 24.7. The molecule has 0 saturated heterocycles. The molecule has 1 aromatic carbocycles. The Kier molecular flexibility index (Phi) is 14.7. The summed E-state index contributed by atoms with van der Waals surface area (Å²) in [6, 6.07) is 1.79. The molecule has 0 spiro atoms. The lowest BCUT2D eigenvalue weighted by Gasteiger charge is -2.26. The number of allylic oxidation sites excluding steroid dienone is 2. The molecule has 208 valence electrons. The molecule has 2 unspecified atom stereocenters. The molecule has 37 heavy (non-hydrogen) atoms. The van der Waals surface area contributed by atoms with Gasteiger partial charge in [0.25, 0.3) is 0 Å². The Morgan fingerprint density at radius 2 is 1.49 bits per heavy atom. The van der Waals surface area contributed by atoms with Crippen molar-refractivity contribution in [2.75, 3.05) is 14.2 Å². The molecule has 6 heteroatoms. The Morgan fingerprint density at radius 3 is 1.92 bits per heavy atom. The van der Waals surface area contributed by atoms with E-state index in [1.807, 2.05) is 0 Å². The van der Waals surface area contributed by atoms with Gasteiger partial charge in [-0.1, -0.05) is 85.1 Å². The summed E-state index contributed by atoms with van der Waals surface area (Å²) >= 11 is 0. The molecule has 2 atom stereocenters. The average molecular weight is 517 g/mol. The summed E-state index contributed by atoms with van der Waals surface area (Å²) in [5, 5.41) is 20.1. The minimum atomic E-state index is -1.42. The Hall–Kier alpha value is -2.76.